The predicted molar refractivity (Wildman–Crippen MR) is 94.4 cm³/mol. The molecule has 0 bridgehead atoms. The summed E-state index contributed by atoms with van der Waals surface area (Å²) in [5.41, 5.74) is 1.34. The van der Waals surface area contributed by atoms with Crippen molar-refractivity contribution in [2.75, 3.05) is 19.0 Å². The first-order chi connectivity index (χ1) is 11.7. The summed E-state index contributed by atoms with van der Waals surface area (Å²) in [7, 11) is 1.57. The van der Waals surface area contributed by atoms with E-state index in [-0.39, 0.29) is 18.7 Å². The van der Waals surface area contributed by atoms with Crippen molar-refractivity contribution in [3.8, 4) is 0 Å². The van der Waals surface area contributed by atoms with Gasteiger partial charge in [-0.2, -0.15) is 0 Å². The molecule has 2 amide bonds. The number of hydrogen-bond acceptors (Lipinski definition) is 3. The van der Waals surface area contributed by atoms with Gasteiger partial charge in [0.1, 0.15) is 17.4 Å². The van der Waals surface area contributed by atoms with Gasteiger partial charge in [-0.05, 0) is 24.3 Å². The van der Waals surface area contributed by atoms with Crippen LogP contribution in [0.25, 0.3) is 11.0 Å². The van der Waals surface area contributed by atoms with Gasteiger partial charge >= 0.3 is 6.03 Å². The quantitative estimate of drug-likeness (QED) is 0.711. The maximum atomic E-state index is 12.0. The van der Waals surface area contributed by atoms with Crippen LogP contribution in [0.2, 0.25) is 5.02 Å². The molecule has 124 valence electrons. The van der Waals surface area contributed by atoms with Crippen molar-refractivity contribution >= 4 is 34.3 Å². The van der Waals surface area contributed by atoms with Crippen LogP contribution in [0.1, 0.15) is 11.9 Å². The highest BCUT2D eigenvalue weighted by atomic mass is 35.5. The highest BCUT2D eigenvalue weighted by Crippen LogP contribution is 2.25. The molecular formula is C18H17ClN2O3. The lowest BCUT2D eigenvalue weighted by atomic mass is 10.2. The molecule has 1 aromatic heterocycles. The van der Waals surface area contributed by atoms with Gasteiger partial charge < -0.3 is 19.8 Å². The van der Waals surface area contributed by atoms with Gasteiger partial charge in [0.25, 0.3) is 0 Å². The van der Waals surface area contributed by atoms with Gasteiger partial charge in [-0.3, -0.25) is 0 Å². The first kappa shape index (κ1) is 16.4. The van der Waals surface area contributed by atoms with E-state index in [9.17, 15) is 4.79 Å². The summed E-state index contributed by atoms with van der Waals surface area (Å²) in [5, 5.41) is 6.93. The fourth-order valence-corrected chi connectivity index (χ4v) is 2.56. The van der Waals surface area contributed by atoms with Crippen molar-refractivity contribution < 1.29 is 13.9 Å². The molecule has 0 aliphatic carbocycles. The van der Waals surface area contributed by atoms with E-state index in [1.54, 1.807) is 31.4 Å². The number of carbonyl (C=O) groups excluding carboxylic acids is 1. The second kappa shape index (κ2) is 7.38. The molecule has 0 saturated heterocycles. The van der Waals surface area contributed by atoms with E-state index in [1.807, 2.05) is 30.3 Å². The van der Waals surface area contributed by atoms with E-state index < -0.39 is 0 Å². The van der Waals surface area contributed by atoms with Crippen LogP contribution in [0, 0.1) is 0 Å². The normalized spacial score (nSPS) is 12.1. The number of benzene rings is 2. The topological polar surface area (TPSA) is 63.5 Å². The Morgan fingerprint density at radius 1 is 1.21 bits per heavy atom. The largest absolute Gasteiger partial charge is 0.458 e. The van der Waals surface area contributed by atoms with E-state index in [1.165, 1.54) is 0 Å². The van der Waals surface area contributed by atoms with Crippen LogP contribution >= 0.6 is 11.6 Å². The number of fused-ring (bicyclic) bond motifs is 1. The Kier molecular flexibility index (Phi) is 5.03. The van der Waals surface area contributed by atoms with Crippen molar-refractivity contribution in [2.45, 2.75) is 6.10 Å². The van der Waals surface area contributed by atoms with Crippen molar-refractivity contribution in [3.05, 3.63) is 65.4 Å². The van der Waals surface area contributed by atoms with Crippen LogP contribution in [-0.2, 0) is 4.74 Å². The zero-order valence-electron chi connectivity index (χ0n) is 13.1. The standard InChI is InChI=1S/C18H17ClN2O3/c1-23-17(16-10-12-6-2-5-9-15(12)24-16)11-20-18(22)21-14-8-4-3-7-13(14)19/h2-10,17H,11H2,1H3,(H2,20,21,22). The first-order valence-electron chi connectivity index (χ1n) is 7.48. The summed E-state index contributed by atoms with van der Waals surface area (Å²) in [6.07, 6.45) is -0.380. The minimum atomic E-state index is -0.380. The zero-order valence-corrected chi connectivity index (χ0v) is 13.8. The SMILES string of the molecule is COC(CNC(=O)Nc1ccccc1Cl)c1cc2ccccc2o1. The number of rotatable bonds is 5. The first-order valence-corrected chi connectivity index (χ1v) is 7.86. The monoisotopic (exact) mass is 344 g/mol. The van der Waals surface area contributed by atoms with Gasteiger partial charge in [-0.25, -0.2) is 4.79 Å². The number of hydrogen-bond donors (Lipinski definition) is 2. The molecule has 2 aromatic carbocycles. The van der Waals surface area contributed by atoms with Crippen LogP contribution in [0.4, 0.5) is 10.5 Å². The lowest BCUT2D eigenvalue weighted by molar-refractivity contribution is 0.0870. The van der Waals surface area contributed by atoms with Gasteiger partial charge in [0.15, 0.2) is 0 Å². The summed E-state index contributed by atoms with van der Waals surface area (Å²) < 4.78 is 11.2. The molecule has 3 rings (SSSR count). The number of urea groups is 1. The summed E-state index contributed by atoms with van der Waals surface area (Å²) in [4.78, 5) is 12.0. The van der Waals surface area contributed by atoms with E-state index in [4.69, 9.17) is 20.8 Å². The number of carbonyl (C=O) groups is 1. The molecule has 0 spiro atoms. The maximum Gasteiger partial charge on any atom is 0.319 e. The van der Waals surface area contributed by atoms with Gasteiger partial charge in [0.05, 0.1) is 17.3 Å². The number of halogens is 1. The number of amides is 2. The minimum Gasteiger partial charge on any atom is -0.458 e. The van der Waals surface area contributed by atoms with Crippen LogP contribution in [0.15, 0.2) is 59.0 Å². The van der Waals surface area contributed by atoms with Gasteiger partial charge in [-0.1, -0.05) is 41.9 Å². The van der Waals surface area contributed by atoms with Gasteiger partial charge in [0.2, 0.25) is 0 Å². The van der Waals surface area contributed by atoms with Crippen LogP contribution in [0.3, 0.4) is 0 Å². The number of furan rings is 1. The number of anilines is 1. The van der Waals surface area contributed by atoms with Crippen LogP contribution in [0.5, 0.6) is 0 Å². The Morgan fingerprint density at radius 2 is 1.96 bits per heavy atom. The molecule has 5 nitrogen and oxygen atoms in total. The number of methoxy groups -OCH3 is 1. The number of ether oxygens (including phenoxy) is 1. The molecular weight excluding hydrogens is 328 g/mol. The van der Waals surface area contributed by atoms with Gasteiger partial charge in [0, 0.05) is 12.5 Å². The molecule has 1 unspecified atom stereocenters. The molecule has 3 aromatic rings. The number of nitrogens with one attached hydrogen (secondary N) is 2. The fourth-order valence-electron chi connectivity index (χ4n) is 2.38. The molecule has 0 saturated carbocycles. The van der Waals surface area contributed by atoms with Gasteiger partial charge in [-0.15, -0.1) is 0 Å². The lowest BCUT2D eigenvalue weighted by Crippen LogP contribution is -2.32. The smallest absolute Gasteiger partial charge is 0.319 e. The third-order valence-electron chi connectivity index (χ3n) is 3.62. The maximum absolute atomic E-state index is 12.0. The molecule has 0 aliphatic rings. The highest BCUT2D eigenvalue weighted by molar-refractivity contribution is 6.33. The van der Waals surface area contributed by atoms with E-state index in [2.05, 4.69) is 10.6 Å². The van der Waals surface area contributed by atoms with E-state index in [0.717, 1.165) is 11.0 Å². The Balaban J connectivity index is 1.63. The third kappa shape index (κ3) is 3.69. The van der Waals surface area contributed by atoms with E-state index >= 15 is 0 Å². The van der Waals surface area contributed by atoms with Crippen molar-refractivity contribution in [1.82, 2.24) is 5.32 Å². The van der Waals surface area contributed by atoms with Crippen LogP contribution in [-0.4, -0.2) is 19.7 Å². The minimum absolute atomic E-state index is 0.270. The average molecular weight is 345 g/mol. The third-order valence-corrected chi connectivity index (χ3v) is 3.95. The number of para-hydroxylation sites is 2. The summed E-state index contributed by atoms with van der Waals surface area (Å²) in [6.45, 7) is 0.270. The highest BCUT2D eigenvalue weighted by Gasteiger charge is 2.17. The lowest BCUT2D eigenvalue weighted by Gasteiger charge is -2.14. The van der Waals surface area contributed by atoms with Crippen molar-refractivity contribution in [2.24, 2.45) is 0 Å². The Bertz CT molecular complexity index is 814. The summed E-state index contributed by atoms with van der Waals surface area (Å²) in [6, 6.07) is 16.3. The molecule has 24 heavy (non-hydrogen) atoms. The molecule has 0 aliphatic heterocycles. The fraction of sp³-hybridized carbons (Fsp3) is 0.167. The Labute approximate surface area is 144 Å². The van der Waals surface area contributed by atoms with Crippen molar-refractivity contribution in [1.29, 1.82) is 0 Å². The second-order valence-electron chi connectivity index (χ2n) is 5.23. The molecule has 2 N–H and O–H groups in total. The summed E-state index contributed by atoms with van der Waals surface area (Å²) >= 11 is 6.02. The Hall–Kier alpha value is -2.50. The van der Waals surface area contributed by atoms with Crippen molar-refractivity contribution in [3.63, 3.8) is 0 Å². The van der Waals surface area contributed by atoms with Crippen LogP contribution < -0.4 is 10.6 Å². The van der Waals surface area contributed by atoms with E-state index in [0.29, 0.717) is 16.5 Å². The molecule has 0 radical (unpaired) electrons. The predicted octanol–water partition coefficient (Wildman–Crippen LogP) is 4.60. The molecule has 1 heterocycles. The average Bonchev–Trinajstić information content (AvgIpc) is 3.01. The molecule has 1 atom stereocenters. The summed E-state index contributed by atoms with van der Waals surface area (Å²) in [5.74, 6) is 0.664. The molecule has 0 fully saturated rings. The second-order valence-corrected chi connectivity index (χ2v) is 5.63. The molecule has 6 heteroatoms. The Morgan fingerprint density at radius 3 is 2.71 bits per heavy atom. The zero-order chi connectivity index (χ0) is 16.9.